The van der Waals surface area contributed by atoms with E-state index in [9.17, 15) is 4.79 Å². The standard InChI is InChI=1S/C12H18BrN3O2/c1-18-7-6-15-12(17)4-5-14-9-11-3-2-10(13)8-16-11/h2-3,8,14H,4-7,9H2,1H3,(H,15,17). The largest absolute Gasteiger partial charge is 0.383 e. The highest BCUT2D eigenvalue weighted by molar-refractivity contribution is 9.10. The Morgan fingerprint density at radius 3 is 2.94 bits per heavy atom. The van der Waals surface area contributed by atoms with E-state index in [2.05, 4.69) is 31.5 Å². The highest BCUT2D eigenvalue weighted by Crippen LogP contribution is 2.06. The average Bonchev–Trinajstić information content (AvgIpc) is 2.37. The Labute approximate surface area is 115 Å². The molecule has 5 nitrogen and oxygen atoms in total. The van der Waals surface area contributed by atoms with Crippen LogP contribution in [0, 0.1) is 0 Å². The molecule has 0 unspecified atom stereocenters. The summed E-state index contributed by atoms with van der Waals surface area (Å²) in [5.41, 5.74) is 0.956. The second-order valence-electron chi connectivity index (χ2n) is 3.74. The summed E-state index contributed by atoms with van der Waals surface area (Å²) in [5, 5.41) is 5.94. The van der Waals surface area contributed by atoms with E-state index >= 15 is 0 Å². The van der Waals surface area contributed by atoms with E-state index in [0.717, 1.165) is 10.2 Å². The Kier molecular flexibility index (Phi) is 7.55. The van der Waals surface area contributed by atoms with E-state index < -0.39 is 0 Å². The fourth-order valence-electron chi connectivity index (χ4n) is 1.31. The van der Waals surface area contributed by atoms with Gasteiger partial charge in [0.2, 0.25) is 5.91 Å². The fourth-order valence-corrected chi connectivity index (χ4v) is 1.54. The van der Waals surface area contributed by atoms with Crippen molar-refractivity contribution in [1.29, 1.82) is 0 Å². The summed E-state index contributed by atoms with van der Waals surface area (Å²) in [6.07, 6.45) is 2.22. The van der Waals surface area contributed by atoms with E-state index in [0.29, 0.717) is 32.7 Å². The van der Waals surface area contributed by atoms with Gasteiger partial charge in [0.1, 0.15) is 0 Å². The highest BCUT2D eigenvalue weighted by Gasteiger charge is 2.00. The molecule has 1 amide bonds. The summed E-state index contributed by atoms with van der Waals surface area (Å²) in [5.74, 6) is 0.0308. The predicted molar refractivity (Wildman–Crippen MR) is 73.1 cm³/mol. The summed E-state index contributed by atoms with van der Waals surface area (Å²) in [7, 11) is 1.61. The Balaban J connectivity index is 2.07. The van der Waals surface area contributed by atoms with Gasteiger partial charge in [0.05, 0.1) is 12.3 Å². The SMILES string of the molecule is COCCNC(=O)CCNCc1ccc(Br)cn1. The van der Waals surface area contributed by atoms with Crippen molar-refractivity contribution in [2.24, 2.45) is 0 Å². The van der Waals surface area contributed by atoms with Gasteiger partial charge in [0, 0.05) is 43.8 Å². The van der Waals surface area contributed by atoms with Crippen LogP contribution in [0.3, 0.4) is 0 Å². The molecule has 1 aromatic rings. The molecule has 100 valence electrons. The van der Waals surface area contributed by atoms with Crippen molar-refractivity contribution >= 4 is 21.8 Å². The molecule has 0 aliphatic carbocycles. The number of carbonyl (C=O) groups is 1. The van der Waals surface area contributed by atoms with Crippen LogP contribution >= 0.6 is 15.9 Å². The van der Waals surface area contributed by atoms with Gasteiger partial charge in [-0.25, -0.2) is 0 Å². The number of carbonyl (C=O) groups excluding carboxylic acids is 1. The number of hydrogen-bond donors (Lipinski definition) is 2. The zero-order valence-corrected chi connectivity index (χ0v) is 12.0. The molecule has 6 heteroatoms. The van der Waals surface area contributed by atoms with Crippen molar-refractivity contribution in [3.8, 4) is 0 Å². The van der Waals surface area contributed by atoms with Crippen LogP contribution in [0.25, 0.3) is 0 Å². The first-order valence-corrected chi connectivity index (χ1v) is 6.58. The third kappa shape index (κ3) is 6.68. The van der Waals surface area contributed by atoms with E-state index in [1.54, 1.807) is 13.3 Å². The molecular weight excluding hydrogens is 298 g/mol. The van der Waals surface area contributed by atoms with Crippen molar-refractivity contribution in [3.63, 3.8) is 0 Å². The number of rotatable bonds is 8. The molecule has 1 aromatic heterocycles. The smallest absolute Gasteiger partial charge is 0.221 e. The van der Waals surface area contributed by atoms with Crippen molar-refractivity contribution in [2.75, 3.05) is 26.8 Å². The highest BCUT2D eigenvalue weighted by atomic mass is 79.9. The fraction of sp³-hybridized carbons (Fsp3) is 0.500. The zero-order chi connectivity index (χ0) is 13.2. The number of aromatic nitrogens is 1. The molecular formula is C12H18BrN3O2. The number of nitrogens with zero attached hydrogens (tertiary/aromatic N) is 1. The molecule has 0 saturated carbocycles. The van der Waals surface area contributed by atoms with Gasteiger partial charge < -0.3 is 15.4 Å². The van der Waals surface area contributed by atoms with Crippen molar-refractivity contribution in [3.05, 3.63) is 28.5 Å². The predicted octanol–water partition coefficient (Wildman–Crippen LogP) is 1.09. The van der Waals surface area contributed by atoms with Gasteiger partial charge in [-0.3, -0.25) is 9.78 Å². The van der Waals surface area contributed by atoms with Gasteiger partial charge in [-0.2, -0.15) is 0 Å². The van der Waals surface area contributed by atoms with Crippen LogP contribution in [0.2, 0.25) is 0 Å². The van der Waals surface area contributed by atoms with Crippen molar-refractivity contribution in [2.45, 2.75) is 13.0 Å². The lowest BCUT2D eigenvalue weighted by Crippen LogP contribution is -2.30. The topological polar surface area (TPSA) is 63.2 Å². The number of ether oxygens (including phenoxy) is 1. The van der Waals surface area contributed by atoms with Crippen molar-refractivity contribution in [1.82, 2.24) is 15.6 Å². The lowest BCUT2D eigenvalue weighted by Gasteiger charge is -2.06. The second-order valence-corrected chi connectivity index (χ2v) is 4.65. The molecule has 0 bridgehead atoms. The maximum atomic E-state index is 11.3. The number of amides is 1. The number of halogens is 1. The minimum absolute atomic E-state index is 0.0308. The summed E-state index contributed by atoms with van der Waals surface area (Å²) in [4.78, 5) is 15.6. The third-order valence-corrected chi connectivity index (χ3v) is 2.72. The quantitative estimate of drug-likeness (QED) is 0.705. The molecule has 0 spiro atoms. The maximum absolute atomic E-state index is 11.3. The Morgan fingerprint density at radius 1 is 1.44 bits per heavy atom. The normalized spacial score (nSPS) is 10.3. The third-order valence-electron chi connectivity index (χ3n) is 2.25. The molecule has 0 aromatic carbocycles. The van der Waals surface area contributed by atoms with Gasteiger partial charge in [0.25, 0.3) is 0 Å². The van der Waals surface area contributed by atoms with E-state index in [1.165, 1.54) is 0 Å². The summed E-state index contributed by atoms with van der Waals surface area (Å²) in [6, 6.07) is 3.89. The summed E-state index contributed by atoms with van der Waals surface area (Å²) >= 11 is 3.33. The molecule has 0 aliphatic heterocycles. The number of pyridine rings is 1. The molecule has 1 rings (SSSR count). The molecule has 1 heterocycles. The summed E-state index contributed by atoms with van der Waals surface area (Å²) in [6.45, 7) is 2.40. The van der Waals surface area contributed by atoms with Gasteiger partial charge in [-0.05, 0) is 28.1 Å². The average molecular weight is 316 g/mol. The second kappa shape index (κ2) is 9.02. The Hall–Kier alpha value is -0.980. The first-order chi connectivity index (χ1) is 8.72. The van der Waals surface area contributed by atoms with Gasteiger partial charge in [-0.15, -0.1) is 0 Å². The van der Waals surface area contributed by atoms with Crippen LogP contribution in [0.5, 0.6) is 0 Å². The van der Waals surface area contributed by atoms with Crippen LogP contribution < -0.4 is 10.6 Å². The Bertz CT molecular complexity index is 357. The maximum Gasteiger partial charge on any atom is 0.221 e. The van der Waals surface area contributed by atoms with Crippen LogP contribution in [0.4, 0.5) is 0 Å². The molecule has 0 fully saturated rings. The minimum Gasteiger partial charge on any atom is -0.383 e. The van der Waals surface area contributed by atoms with Gasteiger partial charge in [-0.1, -0.05) is 0 Å². The molecule has 0 radical (unpaired) electrons. The van der Waals surface area contributed by atoms with E-state index in [1.807, 2.05) is 12.1 Å². The molecule has 0 aliphatic rings. The minimum atomic E-state index is 0.0308. The molecule has 18 heavy (non-hydrogen) atoms. The number of methoxy groups -OCH3 is 1. The van der Waals surface area contributed by atoms with Crippen molar-refractivity contribution < 1.29 is 9.53 Å². The van der Waals surface area contributed by atoms with Crippen LogP contribution in [0.1, 0.15) is 12.1 Å². The van der Waals surface area contributed by atoms with Crippen LogP contribution in [-0.2, 0) is 16.1 Å². The zero-order valence-electron chi connectivity index (χ0n) is 10.4. The first kappa shape index (κ1) is 15.1. The molecule has 0 atom stereocenters. The Morgan fingerprint density at radius 2 is 2.28 bits per heavy atom. The van der Waals surface area contributed by atoms with Gasteiger partial charge >= 0.3 is 0 Å². The molecule has 0 saturated heterocycles. The van der Waals surface area contributed by atoms with E-state index in [4.69, 9.17) is 4.74 Å². The number of nitrogens with one attached hydrogen (secondary N) is 2. The summed E-state index contributed by atoms with van der Waals surface area (Å²) < 4.78 is 5.80. The lowest BCUT2D eigenvalue weighted by molar-refractivity contribution is -0.121. The molecule has 2 N–H and O–H groups in total. The number of hydrogen-bond acceptors (Lipinski definition) is 4. The van der Waals surface area contributed by atoms with Gasteiger partial charge in [0.15, 0.2) is 0 Å². The monoisotopic (exact) mass is 315 g/mol. The van der Waals surface area contributed by atoms with E-state index in [-0.39, 0.29) is 5.91 Å². The lowest BCUT2D eigenvalue weighted by atomic mass is 10.3. The van der Waals surface area contributed by atoms with Crippen LogP contribution in [0.15, 0.2) is 22.8 Å². The van der Waals surface area contributed by atoms with Crippen LogP contribution in [-0.4, -0.2) is 37.7 Å². The first-order valence-electron chi connectivity index (χ1n) is 5.79.